The fourth-order valence-corrected chi connectivity index (χ4v) is 0.821. The van der Waals surface area contributed by atoms with Crippen LogP contribution in [0.1, 0.15) is 20.8 Å². The molecule has 0 fully saturated rings. The highest BCUT2D eigenvalue weighted by atomic mass is 17.4. The first-order valence-electron chi connectivity index (χ1n) is 4.84. The smallest absolute Gasteiger partial charge is 0.326 e. The number of hydrogen-bond donors (Lipinski definition) is 1. The number of ether oxygens (including phenoxy) is 2. The summed E-state index contributed by atoms with van der Waals surface area (Å²) in [6.07, 6.45) is -3.20. The average molecular weight is 270 g/mol. The molecule has 0 aliphatic rings. The molecule has 0 saturated carbocycles. The van der Waals surface area contributed by atoms with E-state index in [4.69, 9.17) is 14.7 Å². The van der Waals surface area contributed by atoms with Crippen molar-refractivity contribution < 1.29 is 48.8 Å². The molecule has 0 amide bonds. The zero-order valence-electron chi connectivity index (χ0n) is 10.0. The minimum Gasteiger partial charge on any atom is -0.326 e. The average Bonchev–Trinajstić information content (AvgIpc) is 2.34. The van der Waals surface area contributed by atoms with E-state index in [1.165, 1.54) is 6.92 Å². The zero-order chi connectivity index (χ0) is 14.0. The van der Waals surface area contributed by atoms with E-state index in [0.717, 1.165) is 0 Å². The summed E-state index contributed by atoms with van der Waals surface area (Å²) in [5.41, 5.74) is 0. The van der Waals surface area contributed by atoms with E-state index < -0.39 is 18.3 Å². The van der Waals surface area contributed by atoms with Crippen molar-refractivity contribution in [3.05, 3.63) is 0 Å². The standard InChI is InChI=1S/C8H14O10/c1-4-12-8(3,13-5-2)18-17-7(10)16-15-6(9)14-11/h11H,4-5H2,1-3H3. The van der Waals surface area contributed by atoms with E-state index in [2.05, 4.69) is 24.4 Å². The van der Waals surface area contributed by atoms with Gasteiger partial charge in [-0.2, -0.15) is 24.6 Å². The van der Waals surface area contributed by atoms with Gasteiger partial charge in [-0.3, -0.25) is 9.78 Å². The van der Waals surface area contributed by atoms with Crippen molar-refractivity contribution >= 4 is 12.3 Å². The van der Waals surface area contributed by atoms with Gasteiger partial charge in [0.15, 0.2) is 0 Å². The Bertz CT molecular complexity index is 259. The van der Waals surface area contributed by atoms with Crippen molar-refractivity contribution in [2.24, 2.45) is 0 Å². The normalized spacial score (nSPS) is 10.7. The van der Waals surface area contributed by atoms with Crippen LogP contribution in [0.15, 0.2) is 0 Å². The molecule has 0 aliphatic heterocycles. The Balaban J connectivity index is 4.03. The summed E-state index contributed by atoms with van der Waals surface area (Å²) in [5.74, 6) is -1.62. The van der Waals surface area contributed by atoms with Crippen molar-refractivity contribution in [3.8, 4) is 0 Å². The highest BCUT2D eigenvalue weighted by Gasteiger charge is 2.30. The molecule has 0 saturated heterocycles. The summed E-state index contributed by atoms with van der Waals surface area (Å²) in [5, 5.41) is 7.77. The quantitative estimate of drug-likeness (QED) is 0.430. The molecule has 0 aromatic carbocycles. The molecule has 0 atom stereocenters. The molecule has 0 spiro atoms. The second kappa shape index (κ2) is 8.47. The Hall–Kier alpha value is -1.62. The van der Waals surface area contributed by atoms with Gasteiger partial charge in [0.2, 0.25) is 0 Å². The van der Waals surface area contributed by atoms with Crippen molar-refractivity contribution in [1.29, 1.82) is 0 Å². The summed E-state index contributed by atoms with van der Waals surface area (Å²) >= 11 is 0. The summed E-state index contributed by atoms with van der Waals surface area (Å²) in [6.45, 7) is 5.12. The van der Waals surface area contributed by atoms with Crippen LogP contribution in [0.25, 0.3) is 0 Å². The van der Waals surface area contributed by atoms with Crippen LogP contribution < -0.4 is 0 Å². The fraction of sp³-hybridized carbons (Fsp3) is 0.750. The van der Waals surface area contributed by atoms with Crippen LogP contribution in [0.4, 0.5) is 9.59 Å². The summed E-state index contributed by atoms with van der Waals surface area (Å²) in [7, 11) is 0. The number of hydrogen-bond acceptors (Lipinski definition) is 10. The Morgan fingerprint density at radius 2 is 1.50 bits per heavy atom. The highest BCUT2D eigenvalue weighted by Crippen LogP contribution is 2.15. The van der Waals surface area contributed by atoms with E-state index in [9.17, 15) is 9.59 Å². The molecule has 10 nitrogen and oxygen atoms in total. The van der Waals surface area contributed by atoms with E-state index >= 15 is 0 Å². The first-order chi connectivity index (χ1) is 8.47. The number of rotatable bonds is 6. The summed E-state index contributed by atoms with van der Waals surface area (Å²) in [6, 6.07) is 0. The maximum absolute atomic E-state index is 10.8. The van der Waals surface area contributed by atoms with Crippen molar-refractivity contribution in [3.63, 3.8) is 0 Å². The van der Waals surface area contributed by atoms with Crippen LogP contribution in [0.2, 0.25) is 0 Å². The molecule has 0 radical (unpaired) electrons. The topological polar surface area (TPSA) is 119 Å². The van der Waals surface area contributed by atoms with Gasteiger partial charge in [-0.05, 0) is 13.8 Å². The second-order valence-corrected chi connectivity index (χ2v) is 2.65. The lowest BCUT2D eigenvalue weighted by Gasteiger charge is -2.25. The molecule has 1 N–H and O–H groups in total. The largest absolute Gasteiger partial charge is 0.582 e. The van der Waals surface area contributed by atoms with Crippen molar-refractivity contribution in [2.45, 2.75) is 26.7 Å². The minimum absolute atomic E-state index is 0.224. The van der Waals surface area contributed by atoms with Gasteiger partial charge in [0.1, 0.15) is 0 Å². The Morgan fingerprint density at radius 1 is 1.00 bits per heavy atom. The monoisotopic (exact) mass is 270 g/mol. The molecule has 0 rings (SSSR count). The van der Waals surface area contributed by atoms with E-state index in [1.54, 1.807) is 13.8 Å². The third-order valence-corrected chi connectivity index (χ3v) is 1.33. The van der Waals surface area contributed by atoms with Gasteiger partial charge in [0, 0.05) is 20.1 Å². The third-order valence-electron chi connectivity index (χ3n) is 1.33. The molecule has 0 aromatic rings. The maximum atomic E-state index is 10.8. The highest BCUT2D eigenvalue weighted by molar-refractivity contribution is 5.62. The lowest BCUT2D eigenvalue weighted by molar-refractivity contribution is -0.484. The lowest BCUT2D eigenvalue weighted by Crippen LogP contribution is -2.36. The van der Waals surface area contributed by atoms with Gasteiger partial charge < -0.3 is 9.47 Å². The van der Waals surface area contributed by atoms with Crippen LogP contribution in [0.5, 0.6) is 0 Å². The Morgan fingerprint density at radius 3 is 1.94 bits per heavy atom. The number of carbonyl (C=O) groups is 2. The Labute approximate surface area is 102 Å². The van der Waals surface area contributed by atoms with Gasteiger partial charge in [0.25, 0.3) is 0 Å². The predicted octanol–water partition coefficient (Wildman–Crippen LogP) is 1.36. The molecule has 0 aromatic heterocycles. The molecule has 0 bridgehead atoms. The molecule has 0 aliphatic carbocycles. The third kappa shape index (κ3) is 6.85. The van der Waals surface area contributed by atoms with Gasteiger partial charge in [-0.25, -0.2) is 0 Å². The van der Waals surface area contributed by atoms with Crippen LogP contribution in [0.3, 0.4) is 0 Å². The van der Waals surface area contributed by atoms with Crippen LogP contribution in [-0.2, 0) is 33.9 Å². The molecule has 106 valence electrons. The van der Waals surface area contributed by atoms with Gasteiger partial charge in [0.05, 0.1) is 0 Å². The molecule has 10 heteroatoms. The number of carbonyl (C=O) groups excluding carboxylic acids is 2. The fourth-order valence-electron chi connectivity index (χ4n) is 0.821. The Kier molecular flexibility index (Phi) is 7.71. The van der Waals surface area contributed by atoms with E-state index in [-0.39, 0.29) is 13.2 Å². The van der Waals surface area contributed by atoms with Crippen LogP contribution in [-0.4, -0.2) is 36.8 Å². The molecule has 0 unspecified atom stereocenters. The molecular weight excluding hydrogens is 256 g/mol. The first kappa shape index (κ1) is 16.4. The van der Waals surface area contributed by atoms with Crippen molar-refractivity contribution in [2.75, 3.05) is 13.2 Å². The first-order valence-corrected chi connectivity index (χ1v) is 4.84. The molecular formula is C8H14O10. The summed E-state index contributed by atoms with van der Waals surface area (Å²) < 4.78 is 10.0. The van der Waals surface area contributed by atoms with E-state index in [0.29, 0.717) is 0 Å². The maximum Gasteiger partial charge on any atom is 0.582 e. The van der Waals surface area contributed by atoms with Gasteiger partial charge in [-0.15, -0.1) is 4.89 Å². The summed E-state index contributed by atoms with van der Waals surface area (Å²) in [4.78, 5) is 40.0. The lowest BCUT2D eigenvalue weighted by atomic mass is 10.6. The molecule has 18 heavy (non-hydrogen) atoms. The van der Waals surface area contributed by atoms with Gasteiger partial charge >= 0.3 is 18.3 Å². The van der Waals surface area contributed by atoms with E-state index in [1.807, 2.05) is 0 Å². The molecule has 0 heterocycles. The minimum atomic E-state index is -1.66. The van der Waals surface area contributed by atoms with Crippen molar-refractivity contribution in [1.82, 2.24) is 0 Å². The zero-order valence-corrected chi connectivity index (χ0v) is 10.0. The van der Waals surface area contributed by atoms with Crippen LogP contribution in [0, 0.1) is 0 Å². The van der Waals surface area contributed by atoms with Crippen LogP contribution >= 0.6 is 0 Å². The predicted molar refractivity (Wildman–Crippen MR) is 50.5 cm³/mol. The van der Waals surface area contributed by atoms with Gasteiger partial charge in [-0.1, -0.05) is 0 Å². The second-order valence-electron chi connectivity index (χ2n) is 2.65. The SMILES string of the molecule is CCOC(C)(OCC)OOC(=O)OOC(=O)OO.